The predicted molar refractivity (Wildman–Crippen MR) is 144 cm³/mol. The minimum absolute atomic E-state index is 0.0360. The highest BCUT2D eigenvalue weighted by atomic mass is 19.4. The number of nitrogens with two attached hydrogens (primary N) is 1. The fourth-order valence-electron chi connectivity index (χ4n) is 3.86. The number of hydrogen-bond acceptors (Lipinski definition) is 9. The van der Waals surface area contributed by atoms with Crippen LogP contribution in [0.4, 0.5) is 38.0 Å². The van der Waals surface area contributed by atoms with Gasteiger partial charge in [-0.2, -0.15) is 30.7 Å². The molecule has 18 heteroatoms. The Hall–Kier alpha value is -4.77. The maximum absolute atomic E-state index is 13.3. The molecule has 12 nitrogen and oxygen atoms in total. The number of likely N-dealkylation sites (N-methyl/N-ethyl adjacent to an activating group) is 1. The summed E-state index contributed by atoms with van der Waals surface area (Å²) in [6.07, 6.45) is -8.49. The highest BCUT2D eigenvalue weighted by Crippen LogP contribution is 2.41. The van der Waals surface area contributed by atoms with E-state index in [1.54, 1.807) is 15.3 Å². The van der Waals surface area contributed by atoms with Crippen LogP contribution >= 0.6 is 0 Å². The second-order valence-corrected chi connectivity index (χ2v) is 10.4. The van der Waals surface area contributed by atoms with Crippen LogP contribution in [-0.2, 0) is 21.5 Å². The van der Waals surface area contributed by atoms with E-state index < -0.39 is 24.3 Å². The number of nitrogen functional groups attached to an aromatic ring is 1. The summed E-state index contributed by atoms with van der Waals surface area (Å²) < 4.78 is 78.2. The Morgan fingerprint density at radius 2 is 1.69 bits per heavy atom. The number of carbonyl (C=O) groups is 3. The average Bonchev–Trinajstić information content (AvgIpc) is 3.21. The summed E-state index contributed by atoms with van der Waals surface area (Å²) in [7, 11) is 2.02. The Bertz CT molecular complexity index is 1520. The van der Waals surface area contributed by atoms with Gasteiger partial charge in [-0.1, -0.05) is 20.8 Å². The van der Waals surface area contributed by atoms with Crippen LogP contribution in [0.15, 0.2) is 30.5 Å². The van der Waals surface area contributed by atoms with Crippen molar-refractivity contribution in [3.63, 3.8) is 0 Å². The van der Waals surface area contributed by atoms with Crippen LogP contribution in [-0.4, -0.2) is 71.8 Å². The van der Waals surface area contributed by atoms with Crippen molar-refractivity contribution in [2.45, 2.75) is 52.0 Å². The molecule has 0 unspecified atom stereocenters. The largest absolute Gasteiger partial charge is 0.542 e. The van der Waals surface area contributed by atoms with Crippen molar-refractivity contribution in [2.75, 3.05) is 37.4 Å². The molecule has 0 spiro atoms. The van der Waals surface area contributed by atoms with Gasteiger partial charge in [-0.25, -0.2) is 4.79 Å². The number of aromatic nitrogens is 3. The zero-order chi connectivity index (χ0) is 34.5. The zero-order valence-corrected chi connectivity index (χ0v) is 24.7. The molecule has 2 aromatic heterocycles. The van der Waals surface area contributed by atoms with E-state index in [-0.39, 0.29) is 17.7 Å². The van der Waals surface area contributed by atoms with Crippen LogP contribution < -0.4 is 29.6 Å². The van der Waals surface area contributed by atoms with Gasteiger partial charge in [0.2, 0.25) is 5.65 Å². The van der Waals surface area contributed by atoms with E-state index in [1.807, 2.05) is 38.2 Å². The van der Waals surface area contributed by atoms with Crippen molar-refractivity contribution < 1.29 is 64.8 Å². The average molecular weight is 652 g/mol. The van der Waals surface area contributed by atoms with E-state index in [0.717, 1.165) is 29.2 Å². The van der Waals surface area contributed by atoms with Gasteiger partial charge in [0, 0.05) is 29.3 Å². The Balaban J connectivity index is 0.000000421. The monoisotopic (exact) mass is 651 g/mol. The van der Waals surface area contributed by atoms with E-state index in [0.29, 0.717) is 30.5 Å². The van der Waals surface area contributed by atoms with E-state index in [9.17, 15) is 31.1 Å². The Kier molecular flexibility index (Phi) is 11.2. The number of rotatable bonds is 5. The molecule has 0 atom stereocenters. The zero-order valence-electron chi connectivity index (χ0n) is 24.7. The second-order valence-electron chi connectivity index (χ2n) is 10.4. The van der Waals surface area contributed by atoms with Gasteiger partial charge in [0.05, 0.1) is 18.8 Å². The summed E-state index contributed by atoms with van der Waals surface area (Å²) in [4.78, 5) is 33.1. The van der Waals surface area contributed by atoms with Crippen molar-refractivity contribution in [3.8, 4) is 11.5 Å². The summed E-state index contributed by atoms with van der Waals surface area (Å²) in [5, 5.41) is 20.3. The van der Waals surface area contributed by atoms with Crippen molar-refractivity contribution in [1.29, 1.82) is 0 Å². The number of nitrogens with zero attached hydrogens (tertiary/aromatic N) is 4. The number of pyridine rings is 1. The normalized spacial score (nSPS) is 13.0. The molecular weight excluding hydrogens is 620 g/mol. The van der Waals surface area contributed by atoms with Crippen LogP contribution in [0.3, 0.4) is 0 Å². The molecule has 1 aliphatic heterocycles. The second kappa shape index (κ2) is 13.9. The summed E-state index contributed by atoms with van der Waals surface area (Å²) in [5.74, 6) is -3.93. The number of carboxylic acid groups (broad SMARTS) is 2. The first-order valence-corrected chi connectivity index (χ1v) is 13.0. The van der Waals surface area contributed by atoms with Crippen LogP contribution in [0.2, 0.25) is 0 Å². The fraction of sp³-hybridized carbons (Fsp3) is 0.444. The van der Waals surface area contributed by atoms with E-state index in [2.05, 4.69) is 30.8 Å². The first-order valence-electron chi connectivity index (χ1n) is 13.0. The molecule has 3 heterocycles. The highest BCUT2D eigenvalue weighted by molar-refractivity contribution is 5.98. The molecule has 0 radical (unpaired) electrons. The van der Waals surface area contributed by atoms with E-state index >= 15 is 0 Å². The lowest BCUT2D eigenvalue weighted by Gasteiger charge is -2.33. The molecule has 4 rings (SSSR count). The maximum Gasteiger partial charge on any atom is 0.490 e. The number of fused-ring (bicyclic) bond motifs is 2. The summed E-state index contributed by atoms with van der Waals surface area (Å²) >= 11 is 0. The van der Waals surface area contributed by atoms with Gasteiger partial charge < -0.3 is 35.1 Å². The van der Waals surface area contributed by atoms with Crippen LogP contribution in [0, 0.1) is 0 Å². The Morgan fingerprint density at radius 1 is 1.11 bits per heavy atom. The standard InChI is InChI=1S/C23H30N5O3.2C2HF3O2/c1-6-30-16-7-8-20-27(13-16)22(24)25-28(20)14-19(29)15-11-17(23(2,3)4)21-18(12-15)26(5)9-10-31-21;2*3-2(4,5)1(6)7/h7-8,11-13H,6,9-10,14H2,1-5H3,(H2,24,25);2*(H,6,7)/q+1;;/p-1. The predicted octanol–water partition coefficient (Wildman–Crippen LogP) is 2.54. The molecule has 0 bridgehead atoms. The fourth-order valence-corrected chi connectivity index (χ4v) is 3.86. The quantitative estimate of drug-likeness (QED) is 0.238. The highest BCUT2D eigenvalue weighted by Gasteiger charge is 2.38. The Labute approximate surface area is 252 Å². The van der Waals surface area contributed by atoms with Crippen LogP contribution in [0.25, 0.3) is 5.65 Å². The van der Waals surface area contributed by atoms with Gasteiger partial charge in [-0.15, -0.1) is 4.68 Å². The van der Waals surface area contributed by atoms with Gasteiger partial charge in [-0.05, 0) is 30.5 Å². The lowest BCUT2D eigenvalue weighted by Crippen LogP contribution is -2.37. The molecule has 0 amide bonds. The SMILES string of the molecule is CCOc1ccc2n(CC(=O)c3cc4c(c(C(C)(C)C)c3)OCCN4C)nc(N)[n+]2c1.O=C(O)C(F)(F)F.O=C([O-])C(F)(F)F. The number of ether oxygens (including phenoxy) is 2. The summed E-state index contributed by atoms with van der Waals surface area (Å²) in [6, 6.07) is 7.58. The first-order chi connectivity index (χ1) is 20.6. The number of halogens is 6. The third-order valence-corrected chi connectivity index (χ3v) is 6.00. The van der Waals surface area contributed by atoms with Crippen LogP contribution in [0.5, 0.6) is 11.5 Å². The Morgan fingerprint density at radius 3 is 2.18 bits per heavy atom. The maximum atomic E-state index is 13.3. The lowest BCUT2D eigenvalue weighted by molar-refractivity contribution is -0.496. The third kappa shape index (κ3) is 9.61. The molecule has 0 fully saturated rings. The third-order valence-electron chi connectivity index (χ3n) is 6.00. The number of alkyl halides is 6. The number of ketones is 1. The van der Waals surface area contributed by atoms with Crippen molar-refractivity contribution >= 4 is 35.0 Å². The molecule has 1 aromatic carbocycles. The summed E-state index contributed by atoms with van der Waals surface area (Å²) in [5.41, 5.74) is 9.27. The molecule has 0 saturated carbocycles. The molecular formula is C27H31F6N5O7. The summed E-state index contributed by atoms with van der Waals surface area (Å²) in [6.45, 7) is 10.4. The molecule has 1 aliphatic rings. The number of hydrogen-bond donors (Lipinski definition) is 2. The number of carbonyl (C=O) groups excluding carboxylic acids is 2. The minimum Gasteiger partial charge on any atom is -0.542 e. The van der Waals surface area contributed by atoms with E-state index in [4.69, 9.17) is 35.0 Å². The number of Topliss-reactive ketones (excluding diaryl/α,β-unsaturated/α-hetero) is 1. The number of benzene rings is 1. The molecule has 0 aliphatic carbocycles. The van der Waals surface area contributed by atoms with Crippen molar-refractivity contribution in [1.82, 2.24) is 9.78 Å². The molecule has 248 valence electrons. The first kappa shape index (κ1) is 36.4. The van der Waals surface area contributed by atoms with Gasteiger partial charge in [-0.3, -0.25) is 4.79 Å². The van der Waals surface area contributed by atoms with Gasteiger partial charge in [0.15, 0.2) is 12.3 Å². The molecule has 3 N–H and O–H groups in total. The molecule has 45 heavy (non-hydrogen) atoms. The number of aliphatic carboxylic acids is 2. The number of anilines is 2. The van der Waals surface area contributed by atoms with Crippen molar-refractivity contribution in [2.24, 2.45) is 0 Å². The van der Waals surface area contributed by atoms with E-state index in [1.165, 1.54) is 0 Å². The van der Waals surface area contributed by atoms with Crippen molar-refractivity contribution in [3.05, 3.63) is 41.6 Å². The smallest absolute Gasteiger partial charge is 0.490 e. The van der Waals surface area contributed by atoms with Gasteiger partial charge in [0.1, 0.15) is 30.3 Å². The lowest BCUT2D eigenvalue weighted by atomic mass is 9.84. The van der Waals surface area contributed by atoms with Crippen LogP contribution in [0.1, 0.15) is 43.6 Å². The van der Waals surface area contributed by atoms with Gasteiger partial charge in [0.25, 0.3) is 0 Å². The number of carboxylic acids is 2. The topological polar surface area (TPSA) is 164 Å². The van der Waals surface area contributed by atoms with Gasteiger partial charge >= 0.3 is 24.3 Å². The molecule has 0 saturated heterocycles. The molecule has 3 aromatic rings. The minimum atomic E-state index is -5.19.